The van der Waals surface area contributed by atoms with Crippen LogP contribution in [0.4, 0.5) is 0 Å². The number of likely N-dealkylation sites (tertiary alicyclic amines) is 1. The zero-order valence-electron chi connectivity index (χ0n) is 20.0. The van der Waals surface area contributed by atoms with Crippen LogP contribution in [0.3, 0.4) is 0 Å². The van der Waals surface area contributed by atoms with Gasteiger partial charge in [0.2, 0.25) is 5.91 Å². The molecule has 0 bridgehead atoms. The lowest BCUT2D eigenvalue weighted by molar-refractivity contribution is -0.134. The van der Waals surface area contributed by atoms with Crippen molar-refractivity contribution in [2.24, 2.45) is 0 Å². The Labute approximate surface area is 195 Å². The third-order valence-corrected chi connectivity index (χ3v) is 6.96. The number of fused-ring (bicyclic) bond motifs is 1. The Kier molecular flexibility index (Phi) is 6.63. The van der Waals surface area contributed by atoms with Crippen molar-refractivity contribution in [2.75, 3.05) is 26.8 Å². The van der Waals surface area contributed by atoms with E-state index in [0.717, 1.165) is 22.4 Å². The summed E-state index contributed by atoms with van der Waals surface area (Å²) in [6, 6.07) is 9.67. The molecule has 1 amide bonds. The first kappa shape index (κ1) is 23.1. The summed E-state index contributed by atoms with van der Waals surface area (Å²) in [6.07, 6.45) is 2.81. The molecule has 0 N–H and O–H groups in total. The molecule has 176 valence electrons. The van der Waals surface area contributed by atoms with E-state index in [4.69, 9.17) is 14.2 Å². The van der Waals surface area contributed by atoms with E-state index in [1.54, 1.807) is 7.11 Å². The van der Waals surface area contributed by atoms with Gasteiger partial charge in [0.15, 0.2) is 17.3 Å². The third-order valence-electron chi connectivity index (χ3n) is 6.96. The molecule has 6 nitrogen and oxygen atoms in total. The second-order valence-electron chi connectivity index (χ2n) is 9.07. The van der Waals surface area contributed by atoms with Crippen molar-refractivity contribution in [1.29, 1.82) is 0 Å². The Balaban J connectivity index is 1.36. The Morgan fingerprint density at radius 2 is 1.88 bits per heavy atom. The predicted molar refractivity (Wildman–Crippen MR) is 127 cm³/mol. The summed E-state index contributed by atoms with van der Waals surface area (Å²) in [5.41, 5.74) is 3.39. The second-order valence-corrected chi connectivity index (χ2v) is 9.07. The van der Waals surface area contributed by atoms with E-state index in [9.17, 15) is 9.59 Å². The largest absolute Gasteiger partial charge is 0.493 e. The van der Waals surface area contributed by atoms with Gasteiger partial charge in [-0.1, -0.05) is 12.1 Å². The Morgan fingerprint density at radius 1 is 1.12 bits per heavy atom. The maximum Gasteiger partial charge on any atom is 0.222 e. The first-order chi connectivity index (χ1) is 15.9. The molecule has 33 heavy (non-hydrogen) atoms. The van der Waals surface area contributed by atoms with Gasteiger partial charge in [-0.25, -0.2) is 0 Å². The maximum absolute atomic E-state index is 12.9. The van der Waals surface area contributed by atoms with Crippen molar-refractivity contribution in [3.63, 3.8) is 0 Å². The fourth-order valence-electron chi connectivity index (χ4n) is 4.78. The molecular formula is C27H33NO5. The van der Waals surface area contributed by atoms with E-state index in [1.165, 1.54) is 0 Å². The Bertz CT molecular complexity index is 1050. The van der Waals surface area contributed by atoms with Crippen molar-refractivity contribution >= 4 is 11.7 Å². The summed E-state index contributed by atoms with van der Waals surface area (Å²) in [5, 5.41) is 0. The minimum Gasteiger partial charge on any atom is -0.493 e. The van der Waals surface area contributed by atoms with Crippen molar-refractivity contribution < 1.29 is 23.8 Å². The standard InChI is InChI=1S/C27H33NO5/c1-5-32-23-10-7-20(16-24(23)31-4)8-11-25(30)28-14-12-27(13-15-28)17-22(29)21-9-6-18(2)19(3)26(21)33-27/h6-7,9-10,16H,5,8,11-15,17H2,1-4H3. The summed E-state index contributed by atoms with van der Waals surface area (Å²) in [4.78, 5) is 27.6. The molecule has 0 radical (unpaired) electrons. The van der Waals surface area contributed by atoms with E-state index in [-0.39, 0.29) is 11.7 Å². The van der Waals surface area contributed by atoms with Crippen LogP contribution in [0, 0.1) is 13.8 Å². The topological polar surface area (TPSA) is 65.1 Å². The molecule has 2 aliphatic rings. The highest BCUT2D eigenvalue weighted by molar-refractivity contribution is 6.01. The summed E-state index contributed by atoms with van der Waals surface area (Å²) >= 11 is 0. The van der Waals surface area contributed by atoms with E-state index < -0.39 is 5.60 Å². The highest BCUT2D eigenvalue weighted by Crippen LogP contribution is 2.41. The van der Waals surface area contributed by atoms with Gasteiger partial charge >= 0.3 is 0 Å². The number of methoxy groups -OCH3 is 1. The molecule has 4 rings (SSSR count). The molecule has 0 aromatic heterocycles. The quantitative estimate of drug-likeness (QED) is 0.639. The molecule has 6 heteroatoms. The van der Waals surface area contributed by atoms with Crippen molar-refractivity contribution in [3.05, 3.63) is 52.6 Å². The predicted octanol–water partition coefficient (Wildman–Crippen LogP) is 4.67. The Morgan fingerprint density at radius 3 is 2.58 bits per heavy atom. The number of Topliss-reactive ketones (excluding diaryl/α,β-unsaturated/α-hetero) is 1. The van der Waals surface area contributed by atoms with E-state index in [2.05, 4.69) is 0 Å². The van der Waals surface area contributed by atoms with Crippen LogP contribution in [0.25, 0.3) is 0 Å². The molecule has 0 unspecified atom stereocenters. The van der Waals surface area contributed by atoms with Crippen LogP contribution < -0.4 is 14.2 Å². The lowest BCUT2D eigenvalue weighted by Crippen LogP contribution is -2.52. The molecule has 2 aromatic carbocycles. The molecular weight excluding hydrogens is 418 g/mol. The average Bonchev–Trinajstić information content (AvgIpc) is 2.81. The number of carbonyl (C=O) groups excluding carboxylic acids is 2. The number of ether oxygens (including phenoxy) is 3. The molecule has 2 heterocycles. The van der Waals surface area contributed by atoms with Crippen LogP contribution in [0.2, 0.25) is 0 Å². The average molecular weight is 452 g/mol. The number of rotatable bonds is 6. The molecule has 0 atom stereocenters. The van der Waals surface area contributed by atoms with Crippen molar-refractivity contribution in [1.82, 2.24) is 4.90 Å². The number of amides is 1. The summed E-state index contributed by atoms with van der Waals surface area (Å²) in [7, 11) is 1.62. The molecule has 1 saturated heterocycles. The number of hydrogen-bond donors (Lipinski definition) is 0. The minimum atomic E-state index is -0.498. The minimum absolute atomic E-state index is 0.132. The molecule has 2 aromatic rings. The smallest absolute Gasteiger partial charge is 0.222 e. The normalized spacial score (nSPS) is 16.8. The van der Waals surface area contributed by atoms with Gasteiger partial charge < -0.3 is 19.1 Å². The molecule has 2 aliphatic heterocycles. The lowest BCUT2D eigenvalue weighted by Gasteiger charge is -2.44. The number of piperidine rings is 1. The van der Waals surface area contributed by atoms with Gasteiger partial charge in [0, 0.05) is 32.4 Å². The number of aryl methyl sites for hydroxylation is 2. The Hall–Kier alpha value is -3.02. The molecule has 0 saturated carbocycles. The van der Waals surface area contributed by atoms with E-state index in [1.807, 2.05) is 56.0 Å². The summed E-state index contributed by atoms with van der Waals surface area (Å²) in [6.45, 7) is 7.77. The van der Waals surface area contributed by atoms with Crippen LogP contribution >= 0.6 is 0 Å². The maximum atomic E-state index is 12.9. The van der Waals surface area contributed by atoms with Crippen LogP contribution in [-0.4, -0.2) is 49.0 Å². The first-order valence-electron chi connectivity index (χ1n) is 11.8. The van der Waals surface area contributed by atoms with Gasteiger partial charge in [-0.2, -0.15) is 0 Å². The third kappa shape index (κ3) is 4.70. The number of benzene rings is 2. The highest BCUT2D eigenvalue weighted by atomic mass is 16.5. The van der Waals surface area contributed by atoms with Gasteiger partial charge in [0.1, 0.15) is 11.4 Å². The van der Waals surface area contributed by atoms with Crippen molar-refractivity contribution in [3.8, 4) is 17.2 Å². The van der Waals surface area contributed by atoms with Gasteiger partial charge in [-0.15, -0.1) is 0 Å². The lowest BCUT2D eigenvalue weighted by atomic mass is 9.81. The van der Waals surface area contributed by atoms with Gasteiger partial charge in [0.25, 0.3) is 0 Å². The SMILES string of the molecule is CCOc1ccc(CCC(=O)N2CCC3(CC2)CC(=O)c2ccc(C)c(C)c2O3)cc1OC. The molecule has 1 fully saturated rings. The molecule has 0 aliphatic carbocycles. The van der Waals surface area contributed by atoms with Crippen LogP contribution in [0.5, 0.6) is 17.2 Å². The van der Waals surface area contributed by atoms with E-state index >= 15 is 0 Å². The monoisotopic (exact) mass is 451 g/mol. The van der Waals surface area contributed by atoms with E-state index in [0.29, 0.717) is 68.9 Å². The first-order valence-corrected chi connectivity index (χ1v) is 11.8. The van der Waals surface area contributed by atoms with Crippen LogP contribution in [0.15, 0.2) is 30.3 Å². The number of hydrogen-bond acceptors (Lipinski definition) is 5. The molecule has 1 spiro atoms. The van der Waals surface area contributed by atoms with Crippen molar-refractivity contribution in [2.45, 2.75) is 58.5 Å². The van der Waals surface area contributed by atoms with Gasteiger partial charge in [0.05, 0.1) is 25.7 Å². The summed E-state index contributed by atoms with van der Waals surface area (Å²) in [5.74, 6) is 2.41. The zero-order valence-corrected chi connectivity index (χ0v) is 20.0. The fourth-order valence-corrected chi connectivity index (χ4v) is 4.78. The fraction of sp³-hybridized carbons (Fsp3) is 0.481. The van der Waals surface area contributed by atoms with Gasteiger partial charge in [-0.05, 0) is 62.1 Å². The van der Waals surface area contributed by atoms with Crippen LogP contribution in [-0.2, 0) is 11.2 Å². The van der Waals surface area contributed by atoms with Crippen LogP contribution in [0.1, 0.15) is 59.7 Å². The number of ketones is 1. The van der Waals surface area contributed by atoms with Gasteiger partial charge in [-0.3, -0.25) is 9.59 Å². The zero-order chi connectivity index (χ0) is 23.6. The number of nitrogens with zero attached hydrogens (tertiary/aromatic N) is 1. The highest BCUT2D eigenvalue weighted by Gasteiger charge is 2.44. The summed E-state index contributed by atoms with van der Waals surface area (Å²) < 4.78 is 17.5. The number of carbonyl (C=O) groups is 2. The second kappa shape index (κ2) is 9.46.